The number of hydrogen-bond acceptors (Lipinski definition) is 1. The molecule has 0 amide bonds. The van der Waals surface area contributed by atoms with Gasteiger partial charge in [-0.3, -0.25) is 0 Å². The van der Waals surface area contributed by atoms with Gasteiger partial charge < -0.3 is 5.11 Å². The van der Waals surface area contributed by atoms with E-state index in [1.54, 1.807) is 12.1 Å². The lowest BCUT2D eigenvalue weighted by Crippen LogP contribution is -2.27. The number of aliphatic hydroxyl groups is 1. The fourth-order valence-corrected chi connectivity index (χ4v) is 3.02. The van der Waals surface area contributed by atoms with E-state index in [4.69, 9.17) is 0 Å². The topological polar surface area (TPSA) is 20.2 Å². The van der Waals surface area contributed by atoms with Crippen molar-refractivity contribution >= 4 is 31.9 Å². The average Bonchev–Trinajstić information content (AvgIpc) is 2.43. The third-order valence-corrected chi connectivity index (χ3v) is 4.53. The van der Waals surface area contributed by atoms with Crippen LogP contribution in [0.3, 0.4) is 0 Å². The molecule has 0 bridgehead atoms. The molecule has 106 valence electrons. The SMILES string of the molecule is CCC(O)(Cc1ccc(F)c(Br)c1)c1cccc(Br)c1. The highest BCUT2D eigenvalue weighted by molar-refractivity contribution is 9.10. The van der Waals surface area contributed by atoms with Gasteiger partial charge in [0, 0.05) is 10.9 Å². The van der Waals surface area contributed by atoms with Crippen molar-refractivity contribution in [3.05, 3.63) is 68.4 Å². The van der Waals surface area contributed by atoms with Gasteiger partial charge in [0.2, 0.25) is 0 Å². The zero-order valence-corrected chi connectivity index (χ0v) is 14.2. The molecule has 4 heteroatoms. The molecule has 0 radical (unpaired) electrons. The van der Waals surface area contributed by atoms with Crippen molar-refractivity contribution in [2.75, 3.05) is 0 Å². The molecule has 0 heterocycles. The zero-order chi connectivity index (χ0) is 14.8. The third-order valence-electron chi connectivity index (χ3n) is 3.43. The predicted molar refractivity (Wildman–Crippen MR) is 86.1 cm³/mol. The minimum atomic E-state index is -0.957. The van der Waals surface area contributed by atoms with Gasteiger partial charge in [-0.2, -0.15) is 0 Å². The molecule has 0 spiro atoms. The summed E-state index contributed by atoms with van der Waals surface area (Å²) in [4.78, 5) is 0. The van der Waals surface area contributed by atoms with Crippen molar-refractivity contribution in [1.82, 2.24) is 0 Å². The number of rotatable bonds is 4. The van der Waals surface area contributed by atoms with Gasteiger partial charge in [-0.1, -0.05) is 41.1 Å². The second kappa shape index (κ2) is 6.37. The van der Waals surface area contributed by atoms with Crippen LogP contribution in [0.2, 0.25) is 0 Å². The molecule has 2 rings (SSSR count). The molecule has 0 fully saturated rings. The second-order valence-corrected chi connectivity index (χ2v) is 6.59. The van der Waals surface area contributed by atoms with Crippen LogP contribution >= 0.6 is 31.9 Å². The summed E-state index contributed by atoms with van der Waals surface area (Å²) in [5.74, 6) is -0.295. The zero-order valence-electron chi connectivity index (χ0n) is 11.0. The van der Waals surface area contributed by atoms with Crippen LogP contribution < -0.4 is 0 Å². The van der Waals surface area contributed by atoms with E-state index in [0.717, 1.165) is 15.6 Å². The summed E-state index contributed by atoms with van der Waals surface area (Å²) in [5.41, 5.74) is 0.790. The summed E-state index contributed by atoms with van der Waals surface area (Å²) in [5, 5.41) is 10.9. The quantitative estimate of drug-likeness (QED) is 0.747. The molecular weight excluding hydrogens is 387 g/mol. The second-order valence-electron chi connectivity index (χ2n) is 4.82. The first-order valence-corrected chi connectivity index (χ1v) is 7.95. The molecule has 2 aromatic rings. The minimum absolute atomic E-state index is 0.295. The van der Waals surface area contributed by atoms with E-state index in [2.05, 4.69) is 31.9 Å². The largest absolute Gasteiger partial charge is 0.385 e. The van der Waals surface area contributed by atoms with Crippen molar-refractivity contribution in [3.63, 3.8) is 0 Å². The summed E-state index contributed by atoms with van der Waals surface area (Å²) in [6.07, 6.45) is 1.03. The predicted octanol–water partition coefficient (Wildman–Crippen LogP) is 5.19. The lowest BCUT2D eigenvalue weighted by atomic mass is 9.85. The van der Waals surface area contributed by atoms with Crippen LogP contribution in [-0.4, -0.2) is 5.11 Å². The van der Waals surface area contributed by atoms with Gasteiger partial charge in [0.25, 0.3) is 0 Å². The highest BCUT2D eigenvalue weighted by Gasteiger charge is 2.27. The Kier molecular flexibility index (Phi) is 4.99. The van der Waals surface area contributed by atoms with Crippen LogP contribution in [0.15, 0.2) is 51.4 Å². The first-order valence-electron chi connectivity index (χ1n) is 6.37. The summed E-state index contributed by atoms with van der Waals surface area (Å²) in [6.45, 7) is 1.94. The smallest absolute Gasteiger partial charge is 0.137 e. The average molecular weight is 402 g/mol. The number of benzene rings is 2. The molecule has 1 nitrogen and oxygen atoms in total. The Morgan fingerprint density at radius 2 is 1.90 bits per heavy atom. The summed E-state index contributed by atoms with van der Waals surface area (Å²) in [7, 11) is 0. The fraction of sp³-hybridized carbons (Fsp3) is 0.250. The minimum Gasteiger partial charge on any atom is -0.385 e. The molecule has 0 aliphatic rings. The van der Waals surface area contributed by atoms with Crippen molar-refractivity contribution < 1.29 is 9.50 Å². The fourth-order valence-electron chi connectivity index (χ4n) is 2.20. The molecule has 20 heavy (non-hydrogen) atoms. The van der Waals surface area contributed by atoms with Gasteiger partial charge in [0.05, 0.1) is 10.1 Å². The van der Waals surface area contributed by atoms with Crippen molar-refractivity contribution in [2.24, 2.45) is 0 Å². The Labute approximate surface area is 135 Å². The van der Waals surface area contributed by atoms with Gasteiger partial charge in [-0.15, -0.1) is 0 Å². The number of halogens is 3. The maximum atomic E-state index is 13.3. The van der Waals surface area contributed by atoms with E-state index in [-0.39, 0.29) is 5.82 Å². The normalized spacial score (nSPS) is 14.1. The Bertz CT molecular complexity index is 615. The highest BCUT2D eigenvalue weighted by atomic mass is 79.9. The maximum Gasteiger partial charge on any atom is 0.137 e. The van der Waals surface area contributed by atoms with Crippen molar-refractivity contribution in [1.29, 1.82) is 0 Å². The van der Waals surface area contributed by atoms with Crippen LogP contribution in [0.25, 0.3) is 0 Å². The van der Waals surface area contributed by atoms with E-state index in [1.165, 1.54) is 6.07 Å². The van der Waals surface area contributed by atoms with Crippen LogP contribution in [0, 0.1) is 5.82 Å². The molecule has 0 aliphatic heterocycles. The Hall–Kier alpha value is -0.710. The van der Waals surface area contributed by atoms with E-state index < -0.39 is 5.60 Å². The standard InChI is InChI=1S/C16H15Br2FO/c1-2-16(20,12-4-3-5-13(17)9-12)10-11-6-7-15(19)14(18)8-11/h3-9,20H,2,10H2,1H3. The van der Waals surface area contributed by atoms with Gasteiger partial charge in [-0.25, -0.2) is 4.39 Å². The molecule has 0 saturated carbocycles. The molecule has 1 N–H and O–H groups in total. The van der Waals surface area contributed by atoms with Crippen molar-refractivity contribution in [2.45, 2.75) is 25.4 Å². The molecule has 1 unspecified atom stereocenters. The molecule has 1 atom stereocenters. The number of hydrogen-bond donors (Lipinski definition) is 1. The maximum absolute atomic E-state index is 13.3. The summed E-state index contributed by atoms with van der Waals surface area (Å²) in [6, 6.07) is 12.5. The lowest BCUT2D eigenvalue weighted by molar-refractivity contribution is 0.0326. The highest BCUT2D eigenvalue weighted by Crippen LogP contribution is 2.31. The van der Waals surface area contributed by atoms with Gasteiger partial charge >= 0.3 is 0 Å². The van der Waals surface area contributed by atoms with Crippen LogP contribution in [0.5, 0.6) is 0 Å². The molecular formula is C16H15Br2FO. The Balaban J connectivity index is 2.33. The van der Waals surface area contributed by atoms with E-state index in [9.17, 15) is 9.50 Å². The summed E-state index contributed by atoms with van der Waals surface area (Å²) >= 11 is 6.60. The Morgan fingerprint density at radius 1 is 1.15 bits per heavy atom. The van der Waals surface area contributed by atoms with E-state index in [0.29, 0.717) is 17.3 Å². The van der Waals surface area contributed by atoms with E-state index >= 15 is 0 Å². The molecule has 0 saturated heterocycles. The molecule has 2 aromatic carbocycles. The molecule has 0 aliphatic carbocycles. The van der Waals surface area contributed by atoms with Crippen molar-refractivity contribution in [3.8, 4) is 0 Å². The monoisotopic (exact) mass is 400 g/mol. The van der Waals surface area contributed by atoms with E-state index in [1.807, 2.05) is 31.2 Å². The van der Waals surface area contributed by atoms with Gasteiger partial charge in [0.1, 0.15) is 5.82 Å². The van der Waals surface area contributed by atoms with Gasteiger partial charge in [-0.05, 0) is 57.7 Å². The Morgan fingerprint density at radius 3 is 2.50 bits per heavy atom. The van der Waals surface area contributed by atoms with Gasteiger partial charge in [0.15, 0.2) is 0 Å². The first-order chi connectivity index (χ1) is 9.44. The van der Waals surface area contributed by atoms with Crippen LogP contribution in [0.1, 0.15) is 24.5 Å². The van der Waals surface area contributed by atoms with Crippen LogP contribution in [0.4, 0.5) is 4.39 Å². The first kappa shape index (κ1) is 15.7. The molecule has 0 aromatic heterocycles. The van der Waals surface area contributed by atoms with Crippen LogP contribution in [-0.2, 0) is 12.0 Å². The lowest BCUT2D eigenvalue weighted by Gasteiger charge is -2.28. The third kappa shape index (κ3) is 3.48. The summed E-state index contributed by atoms with van der Waals surface area (Å²) < 4.78 is 14.6.